The van der Waals surface area contributed by atoms with Gasteiger partial charge < -0.3 is 10.2 Å². The molecule has 1 fully saturated rings. The Balaban J connectivity index is 2.03. The van der Waals surface area contributed by atoms with Crippen LogP contribution in [0.2, 0.25) is 0 Å². The third-order valence-electron chi connectivity index (χ3n) is 4.60. The summed E-state index contributed by atoms with van der Waals surface area (Å²) in [4.78, 5) is 49.2. The van der Waals surface area contributed by atoms with Gasteiger partial charge in [0.1, 0.15) is 11.6 Å². The molecule has 1 aliphatic heterocycles. The highest BCUT2D eigenvalue weighted by Gasteiger charge is 2.42. The Labute approximate surface area is 156 Å². The first-order chi connectivity index (χ1) is 12.9. The standard InChI is InChI=1S/C19H19N5O3/c1-10-9-15(21-11(2)25)22-18-16(10)23(12(3)26)19(27)14-5-4-8-20-17(14)24(18)13-6-7-13/h4-5,8-9,13H,6-7H2,1-3H3,(H,21,22,25). The summed E-state index contributed by atoms with van der Waals surface area (Å²) in [6, 6.07) is 5.17. The van der Waals surface area contributed by atoms with Crippen molar-refractivity contribution in [3.63, 3.8) is 0 Å². The Kier molecular flexibility index (Phi) is 3.91. The maximum Gasteiger partial charge on any atom is 0.268 e. The average molecular weight is 365 g/mol. The van der Waals surface area contributed by atoms with Gasteiger partial charge in [0.05, 0.1) is 11.3 Å². The summed E-state index contributed by atoms with van der Waals surface area (Å²) in [5.74, 6) is 0.258. The fourth-order valence-corrected chi connectivity index (χ4v) is 3.40. The number of hydrogen-bond acceptors (Lipinski definition) is 6. The van der Waals surface area contributed by atoms with Crippen molar-refractivity contribution in [2.45, 2.75) is 39.7 Å². The summed E-state index contributed by atoms with van der Waals surface area (Å²) >= 11 is 0. The van der Waals surface area contributed by atoms with Gasteiger partial charge in [0.25, 0.3) is 5.91 Å². The van der Waals surface area contributed by atoms with Crippen LogP contribution in [0, 0.1) is 6.92 Å². The molecule has 27 heavy (non-hydrogen) atoms. The van der Waals surface area contributed by atoms with Crippen LogP contribution >= 0.6 is 0 Å². The largest absolute Gasteiger partial charge is 0.311 e. The molecule has 4 rings (SSSR count). The minimum Gasteiger partial charge on any atom is -0.311 e. The number of aromatic nitrogens is 2. The van der Waals surface area contributed by atoms with Crippen LogP contribution in [0.15, 0.2) is 24.4 Å². The summed E-state index contributed by atoms with van der Waals surface area (Å²) in [6.07, 6.45) is 3.50. The number of imide groups is 1. The Hall–Kier alpha value is -3.29. The molecule has 2 aliphatic rings. The molecule has 0 saturated heterocycles. The van der Waals surface area contributed by atoms with Crippen LogP contribution in [0.3, 0.4) is 0 Å². The normalized spacial score (nSPS) is 15.7. The molecule has 2 aromatic heterocycles. The van der Waals surface area contributed by atoms with E-state index in [1.54, 1.807) is 31.3 Å². The van der Waals surface area contributed by atoms with E-state index < -0.39 is 11.8 Å². The second kappa shape index (κ2) is 6.15. The van der Waals surface area contributed by atoms with Crippen molar-refractivity contribution in [1.29, 1.82) is 0 Å². The van der Waals surface area contributed by atoms with E-state index in [1.807, 2.05) is 4.90 Å². The number of aryl methyl sites for hydroxylation is 1. The summed E-state index contributed by atoms with van der Waals surface area (Å²) < 4.78 is 0. The van der Waals surface area contributed by atoms with E-state index >= 15 is 0 Å². The van der Waals surface area contributed by atoms with Crippen molar-refractivity contribution in [1.82, 2.24) is 9.97 Å². The van der Waals surface area contributed by atoms with Crippen LogP contribution in [0.5, 0.6) is 0 Å². The molecule has 0 spiro atoms. The van der Waals surface area contributed by atoms with E-state index in [1.165, 1.54) is 13.8 Å². The van der Waals surface area contributed by atoms with Crippen molar-refractivity contribution < 1.29 is 14.4 Å². The zero-order chi connectivity index (χ0) is 19.3. The van der Waals surface area contributed by atoms with Gasteiger partial charge in [-0.25, -0.2) is 14.9 Å². The number of nitrogens with zero attached hydrogens (tertiary/aromatic N) is 4. The van der Waals surface area contributed by atoms with Gasteiger partial charge in [0.15, 0.2) is 5.82 Å². The van der Waals surface area contributed by atoms with Crippen LogP contribution in [0.4, 0.5) is 23.1 Å². The zero-order valence-corrected chi connectivity index (χ0v) is 15.3. The van der Waals surface area contributed by atoms with E-state index in [9.17, 15) is 14.4 Å². The molecule has 3 heterocycles. The Morgan fingerprint density at radius 1 is 1.22 bits per heavy atom. The first-order valence-corrected chi connectivity index (χ1v) is 8.77. The first-order valence-electron chi connectivity index (χ1n) is 8.77. The maximum atomic E-state index is 13.2. The number of carbonyl (C=O) groups excluding carboxylic acids is 3. The third kappa shape index (κ3) is 2.83. The number of rotatable bonds is 2. The summed E-state index contributed by atoms with van der Waals surface area (Å²) in [7, 11) is 0. The van der Waals surface area contributed by atoms with Crippen LogP contribution in [0.1, 0.15) is 42.6 Å². The molecule has 0 aromatic carbocycles. The fraction of sp³-hybridized carbons (Fsp3) is 0.316. The number of hydrogen-bond donors (Lipinski definition) is 1. The average Bonchev–Trinajstić information content (AvgIpc) is 3.42. The van der Waals surface area contributed by atoms with Crippen LogP contribution in [0.25, 0.3) is 0 Å². The van der Waals surface area contributed by atoms with Gasteiger partial charge in [-0.05, 0) is 43.5 Å². The smallest absolute Gasteiger partial charge is 0.268 e. The summed E-state index contributed by atoms with van der Waals surface area (Å²) in [5.41, 5.74) is 1.47. The predicted molar refractivity (Wildman–Crippen MR) is 100 cm³/mol. The lowest BCUT2D eigenvalue weighted by Crippen LogP contribution is -2.35. The SMILES string of the molecule is CC(=O)Nc1cc(C)c2c(n1)N(C1CC1)c1ncccc1C(=O)N2C(C)=O. The molecule has 8 heteroatoms. The maximum absolute atomic E-state index is 13.2. The number of pyridine rings is 2. The van der Waals surface area contributed by atoms with E-state index in [4.69, 9.17) is 0 Å². The van der Waals surface area contributed by atoms with Crippen LogP contribution < -0.4 is 15.1 Å². The predicted octanol–water partition coefficient (Wildman–Crippen LogP) is 2.55. The molecule has 138 valence electrons. The second-order valence-corrected chi connectivity index (χ2v) is 6.81. The molecular formula is C19H19N5O3. The highest BCUT2D eigenvalue weighted by atomic mass is 16.2. The lowest BCUT2D eigenvalue weighted by Gasteiger charge is -2.26. The first kappa shape index (κ1) is 17.1. The molecule has 0 bridgehead atoms. The number of anilines is 4. The van der Waals surface area contributed by atoms with E-state index in [2.05, 4.69) is 15.3 Å². The number of nitrogens with one attached hydrogen (secondary N) is 1. The number of amides is 3. The monoisotopic (exact) mass is 365 g/mol. The third-order valence-corrected chi connectivity index (χ3v) is 4.60. The molecule has 1 saturated carbocycles. The molecule has 2 aromatic rings. The highest BCUT2D eigenvalue weighted by molar-refractivity contribution is 6.25. The van der Waals surface area contributed by atoms with Gasteiger partial charge in [0.2, 0.25) is 11.8 Å². The van der Waals surface area contributed by atoms with Crippen LogP contribution in [-0.4, -0.2) is 33.7 Å². The zero-order valence-electron chi connectivity index (χ0n) is 15.3. The van der Waals surface area contributed by atoms with E-state index in [0.29, 0.717) is 34.3 Å². The lowest BCUT2D eigenvalue weighted by molar-refractivity contribution is -0.116. The fourth-order valence-electron chi connectivity index (χ4n) is 3.40. The molecule has 1 aliphatic carbocycles. The Bertz CT molecular complexity index is 983. The topological polar surface area (TPSA) is 95.5 Å². The Morgan fingerprint density at radius 2 is 1.96 bits per heavy atom. The van der Waals surface area contributed by atoms with E-state index in [0.717, 1.165) is 17.7 Å². The number of carbonyl (C=O) groups is 3. The molecule has 1 N–H and O–H groups in total. The molecule has 8 nitrogen and oxygen atoms in total. The molecule has 0 unspecified atom stereocenters. The van der Waals surface area contributed by atoms with Gasteiger partial charge >= 0.3 is 0 Å². The van der Waals surface area contributed by atoms with Gasteiger partial charge in [-0.2, -0.15) is 0 Å². The minimum absolute atomic E-state index is 0.150. The number of fused-ring (bicyclic) bond motifs is 2. The molecule has 0 radical (unpaired) electrons. The Morgan fingerprint density at radius 3 is 2.59 bits per heavy atom. The van der Waals surface area contributed by atoms with Crippen molar-refractivity contribution in [2.24, 2.45) is 0 Å². The van der Waals surface area contributed by atoms with E-state index in [-0.39, 0.29) is 11.9 Å². The molecular weight excluding hydrogens is 346 g/mol. The van der Waals surface area contributed by atoms with Crippen molar-refractivity contribution in [3.05, 3.63) is 35.5 Å². The lowest BCUT2D eigenvalue weighted by atomic mass is 10.2. The van der Waals surface area contributed by atoms with Gasteiger partial charge in [-0.3, -0.25) is 14.4 Å². The van der Waals surface area contributed by atoms with Gasteiger partial charge in [-0.15, -0.1) is 0 Å². The molecule has 3 amide bonds. The van der Waals surface area contributed by atoms with Crippen LogP contribution in [-0.2, 0) is 9.59 Å². The highest BCUT2D eigenvalue weighted by Crippen LogP contribution is 2.46. The van der Waals surface area contributed by atoms with Crippen molar-refractivity contribution in [2.75, 3.05) is 15.1 Å². The summed E-state index contributed by atoms with van der Waals surface area (Å²) in [6.45, 7) is 4.55. The quantitative estimate of drug-likeness (QED) is 0.879. The second-order valence-electron chi connectivity index (χ2n) is 6.81. The molecule has 0 atom stereocenters. The summed E-state index contributed by atoms with van der Waals surface area (Å²) in [5, 5.41) is 2.69. The van der Waals surface area contributed by atoms with Gasteiger partial charge in [0, 0.05) is 26.1 Å². The van der Waals surface area contributed by atoms with Crippen molar-refractivity contribution >= 4 is 40.9 Å². The van der Waals surface area contributed by atoms with Crippen molar-refractivity contribution in [3.8, 4) is 0 Å². The minimum atomic E-state index is -0.424. The van der Waals surface area contributed by atoms with Gasteiger partial charge in [-0.1, -0.05) is 0 Å².